The number of aliphatic hydroxyl groups excluding tert-OH is 1. The summed E-state index contributed by atoms with van der Waals surface area (Å²) in [5.74, 6) is 0. The molecule has 1 aromatic heterocycles. The molecular formula is C9H11NO. The zero-order valence-electron chi connectivity index (χ0n) is 6.54. The molecule has 1 aromatic rings. The van der Waals surface area contributed by atoms with Crippen molar-refractivity contribution in [3.05, 3.63) is 29.1 Å². The van der Waals surface area contributed by atoms with Crippen LogP contribution >= 0.6 is 0 Å². The molecule has 2 rings (SSSR count). The monoisotopic (exact) mass is 149 g/mol. The minimum absolute atomic E-state index is 0.315. The maximum Gasteiger partial charge on any atom is 0.0965 e. The van der Waals surface area contributed by atoms with E-state index in [0.717, 1.165) is 24.2 Å². The van der Waals surface area contributed by atoms with Crippen LogP contribution in [0.25, 0.3) is 0 Å². The quantitative estimate of drug-likeness (QED) is 0.604. The standard InChI is InChI=1S/C9H11NO/c1-6-2-3-7-4-5-8(11)9(7)10-6/h2-3,8,11H,4-5H2,1H3/t8-/m1/s1. The van der Waals surface area contributed by atoms with E-state index in [9.17, 15) is 5.11 Å². The van der Waals surface area contributed by atoms with Gasteiger partial charge in [-0.3, -0.25) is 4.98 Å². The maximum absolute atomic E-state index is 9.44. The second kappa shape index (κ2) is 2.31. The van der Waals surface area contributed by atoms with Crippen molar-refractivity contribution < 1.29 is 5.11 Å². The van der Waals surface area contributed by atoms with Crippen molar-refractivity contribution in [1.82, 2.24) is 4.98 Å². The van der Waals surface area contributed by atoms with Crippen LogP contribution in [-0.4, -0.2) is 10.1 Å². The van der Waals surface area contributed by atoms with Gasteiger partial charge in [0.25, 0.3) is 0 Å². The molecule has 0 saturated heterocycles. The Kier molecular flexibility index (Phi) is 1.43. The van der Waals surface area contributed by atoms with Gasteiger partial charge in [0.05, 0.1) is 11.8 Å². The van der Waals surface area contributed by atoms with E-state index in [1.165, 1.54) is 5.56 Å². The lowest BCUT2D eigenvalue weighted by molar-refractivity contribution is 0.175. The summed E-state index contributed by atoms with van der Waals surface area (Å²) in [6.45, 7) is 1.95. The molecule has 2 heteroatoms. The fourth-order valence-corrected chi connectivity index (χ4v) is 1.53. The van der Waals surface area contributed by atoms with Gasteiger partial charge in [-0.15, -0.1) is 0 Å². The fourth-order valence-electron chi connectivity index (χ4n) is 1.53. The molecule has 0 saturated carbocycles. The number of aryl methyl sites for hydroxylation is 2. The van der Waals surface area contributed by atoms with Gasteiger partial charge in [-0.2, -0.15) is 0 Å². The third kappa shape index (κ3) is 1.03. The third-order valence-corrected chi connectivity index (χ3v) is 2.15. The summed E-state index contributed by atoms with van der Waals surface area (Å²) in [5.41, 5.74) is 3.10. The lowest BCUT2D eigenvalue weighted by atomic mass is 10.2. The summed E-state index contributed by atoms with van der Waals surface area (Å²) in [5, 5.41) is 9.44. The van der Waals surface area contributed by atoms with Crippen LogP contribution in [0.4, 0.5) is 0 Å². The van der Waals surface area contributed by atoms with Gasteiger partial charge in [0.1, 0.15) is 0 Å². The van der Waals surface area contributed by atoms with Crippen LogP contribution in [-0.2, 0) is 6.42 Å². The van der Waals surface area contributed by atoms with Gasteiger partial charge < -0.3 is 5.11 Å². The normalized spacial score (nSPS) is 21.8. The van der Waals surface area contributed by atoms with E-state index in [4.69, 9.17) is 0 Å². The average molecular weight is 149 g/mol. The molecule has 0 aromatic carbocycles. The zero-order valence-corrected chi connectivity index (χ0v) is 6.54. The summed E-state index contributed by atoms with van der Waals surface area (Å²) < 4.78 is 0. The minimum Gasteiger partial charge on any atom is -0.387 e. The lowest BCUT2D eigenvalue weighted by Crippen LogP contribution is -1.95. The Balaban J connectivity index is 2.52. The predicted octanol–water partition coefficient (Wildman–Crippen LogP) is 1.37. The minimum atomic E-state index is -0.315. The number of hydrogen-bond acceptors (Lipinski definition) is 2. The summed E-state index contributed by atoms with van der Waals surface area (Å²) in [6, 6.07) is 4.06. The molecular weight excluding hydrogens is 138 g/mol. The highest BCUT2D eigenvalue weighted by molar-refractivity contribution is 5.28. The Labute approximate surface area is 65.9 Å². The summed E-state index contributed by atoms with van der Waals surface area (Å²) in [6.07, 6.45) is 1.50. The molecule has 0 unspecified atom stereocenters. The van der Waals surface area contributed by atoms with Crippen LogP contribution in [0, 0.1) is 6.92 Å². The van der Waals surface area contributed by atoms with Gasteiger partial charge in [-0.05, 0) is 31.4 Å². The topological polar surface area (TPSA) is 33.1 Å². The molecule has 1 atom stereocenters. The summed E-state index contributed by atoms with van der Waals surface area (Å²) in [4.78, 5) is 4.28. The van der Waals surface area contributed by atoms with Crippen LogP contribution < -0.4 is 0 Å². The SMILES string of the molecule is Cc1ccc2c(n1)[C@H](O)CC2. The summed E-state index contributed by atoms with van der Waals surface area (Å²) >= 11 is 0. The van der Waals surface area contributed by atoms with Gasteiger partial charge in [-0.1, -0.05) is 6.07 Å². The number of pyridine rings is 1. The van der Waals surface area contributed by atoms with Crippen LogP contribution in [0.15, 0.2) is 12.1 Å². The fraction of sp³-hybridized carbons (Fsp3) is 0.444. The van der Waals surface area contributed by atoms with E-state index in [2.05, 4.69) is 11.1 Å². The van der Waals surface area contributed by atoms with Crippen LogP contribution in [0.3, 0.4) is 0 Å². The molecule has 1 heterocycles. The molecule has 11 heavy (non-hydrogen) atoms. The van der Waals surface area contributed by atoms with E-state index in [1.54, 1.807) is 0 Å². The smallest absolute Gasteiger partial charge is 0.0965 e. The molecule has 1 aliphatic rings. The second-order valence-electron chi connectivity index (χ2n) is 3.05. The van der Waals surface area contributed by atoms with Crippen molar-refractivity contribution in [2.45, 2.75) is 25.9 Å². The van der Waals surface area contributed by atoms with E-state index < -0.39 is 0 Å². The molecule has 58 valence electrons. The molecule has 0 spiro atoms. The second-order valence-corrected chi connectivity index (χ2v) is 3.05. The Hall–Kier alpha value is -0.890. The molecule has 1 aliphatic carbocycles. The van der Waals surface area contributed by atoms with Crippen LogP contribution in [0.1, 0.15) is 29.5 Å². The number of fused-ring (bicyclic) bond motifs is 1. The molecule has 0 aliphatic heterocycles. The Morgan fingerprint density at radius 3 is 3.18 bits per heavy atom. The lowest BCUT2D eigenvalue weighted by Gasteiger charge is -2.02. The van der Waals surface area contributed by atoms with Crippen LogP contribution in [0.5, 0.6) is 0 Å². The largest absolute Gasteiger partial charge is 0.387 e. The zero-order chi connectivity index (χ0) is 7.84. The van der Waals surface area contributed by atoms with Crippen molar-refractivity contribution in [3.8, 4) is 0 Å². The first-order valence-electron chi connectivity index (χ1n) is 3.92. The van der Waals surface area contributed by atoms with E-state index in [0.29, 0.717) is 0 Å². The Bertz CT molecular complexity index is 283. The molecule has 0 bridgehead atoms. The van der Waals surface area contributed by atoms with Crippen molar-refractivity contribution in [3.63, 3.8) is 0 Å². The summed E-state index contributed by atoms with van der Waals surface area (Å²) in [7, 11) is 0. The number of aliphatic hydroxyl groups is 1. The van der Waals surface area contributed by atoms with Crippen molar-refractivity contribution in [2.75, 3.05) is 0 Å². The number of nitrogens with zero attached hydrogens (tertiary/aromatic N) is 1. The number of aromatic nitrogens is 1. The first-order valence-corrected chi connectivity index (χ1v) is 3.92. The Morgan fingerprint density at radius 2 is 2.36 bits per heavy atom. The molecule has 1 N–H and O–H groups in total. The molecule has 0 fully saturated rings. The number of hydrogen-bond donors (Lipinski definition) is 1. The van der Waals surface area contributed by atoms with E-state index in [1.807, 2.05) is 13.0 Å². The van der Waals surface area contributed by atoms with Crippen molar-refractivity contribution >= 4 is 0 Å². The van der Waals surface area contributed by atoms with Gasteiger partial charge in [-0.25, -0.2) is 0 Å². The molecule has 0 radical (unpaired) electrons. The van der Waals surface area contributed by atoms with Gasteiger partial charge >= 0.3 is 0 Å². The van der Waals surface area contributed by atoms with Crippen molar-refractivity contribution in [2.24, 2.45) is 0 Å². The van der Waals surface area contributed by atoms with E-state index >= 15 is 0 Å². The molecule has 0 amide bonds. The van der Waals surface area contributed by atoms with Gasteiger partial charge in [0.2, 0.25) is 0 Å². The highest BCUT2D eigenvalue weighted by atomic mass is 16.3. The highest BCUT2D eigenvalue weighted by Crippen LogP contribution is 2.28. The third-order valence-electron chi connectivity index (χ3n) is 2.15. The molecule has 2 nitrogen and oxygen atoms in total. The number of rotatable bonds is 0. The predicted molar refractivity (Wildman–Crippen MR) is 42.3 cm³/mol. The maximum atomic E-state index is 9.44. The van der Waals surface area contributed by atoms with Crippen LogP contribution in [0.2, 0.25) is 0 Å². The van der Waals surface area contributed by atoms with Gasteiger partial charge in [0.15, 0.2) is 0 Å². The first-order chi connectivity index (χ1) is 5.27. The van der Waals surface area contributed by atoms with Crippen molar-refractivity contribution in [1.29, 1.82) is 0 Å². The highest BCUT2D eigenvalue weighted by Gasteiger charge is 2.20. The average Bonchev–Trinajstić information content (AvgIpc) is 2.33. The first kappa shape index (κ1) is 6.80. The van der Waals surface area contributed by atoms with E-state index in [-0.39, 0.29) is 6.10 Å². The Morgan fingerprint density at radius 1 is 1.55 bits per heavy atom. The van der Waals surface area contributed by atoms with Gasteiger partial charge in [0, 0.05) is 5.69 Å².